The Morgan fingerprint density at radius 3 is 1.90 bits per heavy atom. The Balaban J connectivity index is 1.34. The molecule has 0 aliphatic carbocycles. The van der Waals surface area contributed by atoms with Crippen molar-refractivity contribution >= 4 is 32.3 Å². The molecule has 0 aliphatic rings. The molecule has 0 amide bonds. The lowest BCUT2D eigenvalue weighted by Crippen LogP contribution is -1.97. The van der Waals surface area contributed by atoms with Crippen LogP contribution in [0.3, 0.4) is 0 Å². The van der Waals surface area contributed by atoms with Crippen LogP contribution in [0.15, 0.2) is 134 Å². The van der Waals surface area contributed by atoms with Gasteiger partial charge in [0.05, 0.1) is 11.4 Å². The normalized spacial score (nSPS) is 11.5. The van der Waals surface area contributed by atoms with E-state index in [0.29, 0.717) is 5.82 Å². The number of nitrogens with zero attached hydrogens (tertiary/aromatic N) is 3. The minimum atomic E-state index is -0.277. The zero-order valence-corrected chi connectivity index (χ0v) is 21.9. The van der Waals surface area contributed by atoms with Crippen LogP contribution in [-0.4, -0.2) is 15.0 Å². The Kier molecular flexibility index (Phi) is 5.32. The van der Waals surface area contributed by atoms with Gasteiger partial charge in [-0.25, -0.2) is 14.4 Å². The van der Waals surface area contributed by atoms with Gasteiger partial charge in [-0.3, -0.25) is 4.98 Å². The lowest BCUT2D eigenvalue weighted by molar-refractivity contribution is 0.628. The molecule has 2 heterocycles. The Morgan fingerprint density at radius 1 is 0.488 bits per heavy atom. The van der Waals surface area contributed by atoms with Crippen molar-refractivity contribution in [2.75, 3.05) is 0 Å². The van der Waals surface area contributed by atoms with Crippen molar-refractivity contribution in [3.8, 4) is 45.0 Å². The molecule has 0 aliphatic heterocycles. The van der Waals surface area contributed by atoms with Crippen LogP contribution in [0.1, 0.15) is 0 Å². The molecule has 2 aromatic heterocycles. The molecule has 0 saturated heterocycles. The number of hydrogen-bond acceptors (Lipinski definition) is 3. The van der Waals surface area contributed by atoms with Crippen molar-refractivity contribution in [1.82, 2.24) is 15.0 Å². The minimum Gasteiger partial charge on any atom is -0.264 e. The molecule has 3 nitrogen and oxygen atoms in total. The van der Waals surface area contributed by atoms with Gasteiger partial charge in [-0.2, -0.15) is 0 Å². The SMILES string of the molecule is Fc1ccc(-c2cc(-c3ccc4ccc5cccc6ccc3c4c56)nc(-c3ccc(-c4cccnc4)cc3)n2)cc1. The summed E-state index contributed by atoms with van der Waals surface area (Å²) in [5.41, 5.74) is 6.46. The van der Waals surface area contributed by atoms with Crippen LogP contribution < -0.4 is 0 Å². The lowest BCUT2D eigenvalue weighted by atomic mass is 9.91. The highest BCUT2D eigenvalue weighted by atomic mass is 19.1. The van der Waals surface area contributed by atoms with Gasteiger partial charge in [-0.15, -0.1) is 0 Å². The van der Waals surface area contributed by atoms with E-state index in [0.717, 1.165) is 44.6 Å². The van der Waals surface area contributed by atoms with Gasteiger partial charge in [-0.1, -0.05) is 84.9 Å². The molecule has 6 aromatic carbocycles. The van der Waals surface area contributed by atoms with Crippen LogP contribution in [0.25, 0.3) is 77.3 Å². The summed E-state index contributed by atoms with van der Waals surface area (Å²) in [5, 5.41) is 7.30. The van der Waals surface area contributed by atoms with E-state index >= 15 is 0 Å². The third kappa shape index (κ3) is 4.00. The molecule has 0 saturated carbocycles. The second-order valence-corrected chi connectivity index (χ2v) is 10.3. The van der Waals surface area contributed by atoms with Crippen molar-refractivity contribution in [2.24, 2.45) is 0 Å². The summed E-state index contributed by atoms with van der Waals surface area (Å²) >= 11 is 0. The zero-order chi connectivity index (χ0) is 27.3. The number of pyridine rings is 1. The smallest absolute Gasteiger partial charge is 0.160 e. The van der Waals surface area contributed by atoms with Crippen LogP contribution in [-0.2, 0) is 0 Å². The van der Waals surface area contributed by atoms with Gasteiger partial charge in [0.2, 0.25) is 0 Å². The molecule has 0 spiro atoms. The molecular formula is C37H22FN3. The van der Waals surface area contributed by atoms with E-state index < -0.39 is 0 Å². The summed E-state index contributed by atoms with van der Waals surface area (Å²) in [4.78, 5) is 14.3. The van der Waals surface area contributed by atoms with Crippen molar-refractivity contribution in [3.63, 3.8) is 0 Å². The van der Waals surface area contributed by atoms with E-state index in [-0.39, 0.29) is 5.82 Å². The molecule has 8 rings (SSSR count). The second-order valence-electron chi connectivity index (χ2n) is 10.3. The maximum Gasteiger partial charge on any atom is 0.160 e. The van der Waals surface area contributed by atoms with Gasteiger partial charge in [0.1, 0.15) is 5.82 Å². The molecule has 0 fully saturated rings. The predicted octanol–water partition coefficient (Wildman–Crippen LogP) is 9.58. The quantitative estimate of drug-likeness (QED) is 0.214. The standard InChI is InChI=1S/C37H22FN3/c38-30-16-12-24(13-17-30)33-21-34(41-37(40-33)28-10-6-23(7-11-28)29-5-2-20-39-22-29)31-18-14-27-9-8-25-3-1-4-26-15-19-32(31)36(27)35(25)26/h1-22H. The molecule has 0 atom stereocenters. The van der Waals surface area contributed by atoms with E-state index in [4.69, 9.17) is 9.97 Å². The summed E-state index contributed by atoms with van der Waals surface area (Å²) in [6.07, 6.45) is 3.62. The number of benzene rings is 6. The molecule has 0 bridgehead atoms. The lowest BCUT2D eigenvalue weighted by Gasteiger charge is -2.15. The van der Waals surface area contributed by atoms with E-state index in [2.05, 4.69) is 71.7 Å². The monoisotopic (exact) mass is 527 g/mol. The van der Waals surface area contributed by atoms with Crippen LogP contribution in [0.5, 0.6) is 0 Å². The Morgan fingerprint density at radius 2 is 1.15 bits per heavy atom. The van der Waals surface area contributed by atoms with Gasteiger partial charge < -0.3 is 0 Å². The highest BCUT2D eigenvalue weighted by Gasteiger charge is 2.16. The number of hydrogen-bond donors (Lipinski definition) is 0. The Bertz CT molecular complexity index is 2170. The fourth-order valence-corrected chi connectivity index (χ4v) is 5.79. The average Bonchev–Trinajstić information content (AvgIpc) is 3.04. The number of halogens is 1. The van der Waals surface area contributed by atoms with Crippen LogP contribution >= 0.6 is 0 Å². The first-order valence-corrected chi connectivity index (χ1v) is 13.5. The van der Waals surface area contributed by atoms with Gasteiger partial charge >= 0.3 is 0 Å². The summed E-state index contributed by atoms with van der Waals surface area (Å²) < 4.78 is 13.8. The largest absolute Gasteiger partial charge is 0.264 e. The van der Waals surface area contributed by atoms with Crippen molar-refractivity contribution in [2.45, 2.75) is 0 Å². The highest BCUT2D eigenvalue weighted by molar-refractivity contribution is 6.25. The van der Waals surface area contributed by atoms with Crippen LogP contribution in [0, 0.1) is 5.82 Å². The highest BCUT2D eigenvalue weighted by Crippen LogP contribution is 2.39. The van der Waals surface area contributed by atoms with Gasteiger partial charge in [0.15, 0.2) is 5.82 Å². The van der Waals surface area contributed by atoms with Gasteiger partial charge in [0.25, 0.3) is 0 Å². The molecule has 192 valence electrons. The predicted molar refractivity (Wildman–Crippen MR) is 165 cm³/mol. The van der Waals surface area contributed by atoms with Gasteiger partial charge in [0, 0.05) is 29.1 Å². The maximum absolute atomic E-state index is 13.8. The van der Waals surface area contributed by atoms with Crippen molar-refractivity contribution in [3.05, 3.63) is 140 Å². The Hall–Kier alpha value is -5.48. The van der Waals surface area contributed by atoms with E-state index in [9.17, 15) is 4.39 Å². The molecule has 41 heavy (non-hydrogen) atoms. The molecule has 0 radical (unpaired) electrons. The zero-order valence-electron chi connectivity index (χ0n) is 21.9. The third-order valence-corrected chi connectivity index (χ3v) is 7.81. The topological polar surface area (TPSA) is 38.7 Å². The molecule has 4 heteroatoms. The number of aromatic nitrogens is 3. The number of rotatable bonds is 4. The first-order chi connectivity index (χ1) is 20.2. The average molecular weight is 528 g/mol. The fraction of sp³-hybridized carbons (Fsp3) is 0. The van der Waals surface area contributed by atoms with Gasteiger partial charge in [-0.05, 0) is 79.8 Å². The molecule has 0 N–H and O–H groups in total. The summed E-state index contributed by atoms with van der Waals surface area (Å²) in [5.74, 6) is 0.339. The first kappa shape index (κ1) is 23.4. The first-order valence-electron chi connectivity index (χ1n) is 13.5. The van der Waals surface area contributed by atoms with Crippen LogP contribution in [0.2, 0.25) is 0 Å². The van der Waals surface area contributed by atoms with E-state index in [1.54, 1.807) is 18.3 Å². The maximum atomic E-state index is 13.8. The Labute approximate surface area is 236 Å². The van der Waals surface area contributed by atoms with Crippen LogP contribution in [0.4, 0.5) is 4.39 Å². The molecule has 8 aromatic rings. The third-order valence-electron chi connectivity index (χ3n) is 7.81. The van der Waals surface area contributed by atoms with E-state index in [1.165, 1.54) is 39.1 Å². The summed E-state index contributed by atoms with van der Waals surface area (Å²) in [6.45, 7) is 0. The molecule has 0 unspecified atom stereocenters. The summed E-state index contributed by atoms with van der Waals surface area (Å²) in [7, 11) is 0. The van der Waals surface area contributed by atoms with E-state index in [1.807, 2.05) is 36.5 Å². The second kappa shape index (κ2) is 9.32. The van der Waals surface area contributed by atoms with Crippen molar-refractivity contribution in [1.29, 1.82) is 0 Å². The minimum absolute atomic E-state index is 0.277. The summed E-state index contributed by atoms with van der Waals surface area (Å²) in [6, 6.07) is 40.2. The fourth-order valence-electron chi connectivity index (χ4n) is 5.79. The molecular weight excluding hydrogens is 505 g/mol. The van der Waals surface area contributed by atoms with Crippen molar-refractivity contribution < 1.29 is 4.39 Å².